The molecule has 0 N–H and O–H groups in total. The Bertz CT molecular complexity index is 1120. The second kappa shape index (κ2) is 8.36. The van der Waals surface area contributed by atoms with Crippen LogP contribution in [0.5, 0.6) is 0 Å². The Labute approximate surface area is 179 Å². The predicted octanol–water partition coefficient (Wildman–Crippen LogP) is 3.84. The number of Topliss-reactive ketones (excluding diaryl/α,β-unsaturated/α-hetero) is 1. The van der Waals surface area contributed by atoms with Crippen LogP contribution in [0.25, 0.3) is 0 Å². The van der Waals surface area contributed by atoms with E-state index in [9.17, 15) is 19.2 Å². The van der Waals surface area contributed by atoms with E-state index >= 15 is 0 Å². The minimum atomic E-state index is -1.20. The number of carbonyl (C=O) groups excluding carboxylic acids is 4. The molecular weight excluding hydrogens is 394 g/mol. The van der Waals surface area contributed by atoms with Crippen molar-refractivity contribution in [1.82, 2.24) is 4.90 Å². The molecule has 6 heteroatoms. The first-order valence-corrected chi connectivity index (χ1v) is 9.80. The fourth-order valence-corrected chi connectivity index (χ4v) is 3.53. The summed E-state index contributed by atoms with van der Waals surface area (Å²) in [6, 6.07) is 22.3. The average molecular weight is 413 g/mol. The third-order valence-electron chi connectivity index (χ3n) is 5.19. The van der Waals surface area contributed by atoms with Crippen LogP contribution < -0.4 is 0 Å². The van der Waals surface area contributed by atoms with Gasteiger partial charge in [-0.2, -0.15) is 0 Å². The molecule has 0 saturated carbocycles. The number of esters is 1. The molecule has 0 saturated heterocycles. The zero-order chi connectivity index (χ0) is 22.0. The van der Waals surface area contributed by atoms with E-state index in [0.717, 1.165) is 4.90 Å². The van der Waals surface area contributed by atoms with Gasteiger partial charge in [-0.15, -0.1) is 0 Å². The van der Waals surface area contributed by atoms with Gasteiger partial charge in [-0.1, -0.05) is 72.8 Å². The molecule has 31 heavy (non-hydrogen) atoms. The lowest BCUT2D eigenvalue weighted by molar-refractivity contribution is -0.151. The lowest BCUT2D eigenvalue weighted by atomic mass is 10.00. The maximum atomic E-state index is 13.1. The molecule has 1 aliphatic rings. The first kappa shape index (κ1) is 20.2. The number of rotatable bonds is 6. The Kier molecular flexibility index (Phi) is 5.45. The molecule has 3 aromatic carbocycles. The van der Waals surface area contributed by atoms with Gasteiger partial charge in [0.25, 0.3) is 11.8 Å². The van der Waals surface area contributed by atoms with Crippen molar-refractivity contribution in [1.29, 1.82) is 0 Å². The van der Waals surface area contributed by atoms with E-state index in [4.69, 9.17) is 4.74 Å². The summed E-state index contributed by atoms with van der Waals surface area (Å²) in [5.41, 5.74) is 1.37. The quantitative estimate of drug-likeness (QED) is 0.348. The summed E-state index contributed by atoms with van der Waals surface area (Å²) in [4.78, 5) is 52.3. The summed E-state index contributed by atoms with van der Waals surface area (Å²) >= 11 is 0. The van der Waals surface area contributed by atoms with E-state index in [1.54, 1.807) is 84.9 Å². The van der Waals surface area contributed by atoms with Gasteiger partial charge in [-0.05, 0) is 19.1 Å². The number of fused-ring (bicyclic) bond motifs is 1. The van der Waals surface area contributed by atoms with Crippen LogP contribution in [0.3, 0.4) is 0 Å². The van der Waals surface area contributed by atoms with Crippen molar-refractivity contribution in [2.24, 2.45) is 0 Å². The number of ketones is 1. The lowest BCUT2D eigenvalue weighted by Crippen LogP contribution is -2.44. The van der Waals surface area contributed by atoms with Gasteiger partial charge < -0.3 is 4.74 Å². The normalized spacial score (nSPS) is 14.7. The van der Waals surface area contributed by atoms with Crippen molar-refractivity contribution in [3.05, 3.63) is 107 Å². The molecule has 0 fully saturated rings. The van der Waals surface area contributed by atoms with Gasteiger partial charge in [0, 0.05) is 11.1 Å². The molecular formula is C25H19NO5. The molecule has 2 atom stereocenters. The zero-order valence-corrected chi connectivity index (χ0v) is 16.7. The van der Waals surface area contributed by atoms with Crippen LogP contribution in [-0.2, 0) is 9.53 Å². The van der Waals surface area contributed by atoms with Crippen LogP contribution in [0.2, 0.25) is 0 Å². The maximum absolute atomic E-state index is 13.1. The number of hydrogen-bond donors (Lipinski definition) is 0. The van der Waals surface area contributed by atoms with Crippen molar-refractivity contribution >= 4 is 23.6 Å². The summed E-state index contributed by atoms with van der Waals surface area (Å²) in [6.07, 6.45) is -1.20. The standard InChI is InChI=1S/C25H19NO5/c1-16(26-23(28)19-14-8-9-15-20(19)24(26)29)25(30)31-22(18-12-6-3-7-13-18)21(27)17-10-4-2-5-11-17/h2-16,22H,1H3. The third-order valence-corrected chi connectivity index (χ3v) is 5.19. The van der Waals surface area contributed by atoms with Gasteiger partial charge >= 0.3 is 5.97 Å². The molecule has 0 aliphatic carbocycles. The molecule has 6 nitrogen and oxygen atoms in total. The van der Waals surface area contributed by atoms with E-state index in [1.165, 1.54) is 6.92 Å². The molecule has 0 spiro atoms. The summed E-state index contributed by atoms with van der Waals surface area (Å²) in [6.45, 7) is 1.42. The number of carbonyl (C=O) groups is 4. The Morgan fingerprint density at radius 1 is 0.742 bits per heavy atom. The second-order valence-electron chi connectivity index (χ2n) is 7.16. The molecule has 1 heterocycles. The Hall–Kier alpha value is -4.06. The number of hydrogen-bond acceptors (Lipinski definition) is 5. The summed E-state index contributed by atoms with van der Waals surface area (Å²) < 4.78 is 5.59. The highest BCUT2D eigenvalue weighted by Crippen LogP contribution is 2.27. The van der Waals surface area contributed by atoms with E-state index in [1.807, 2.05) is 0 Å². The Morgan fingerprint density at radius 2 is 1.23 bits per heavy atom. The molecule has 2 unspecified atom stereocenters. The van der Waals surface area contributed by atoms with Crippen molar-refractivity contribution in [3.8, 4) is 0 Å². The molecule has 0 aromatic heterocycles. The fraction of sp³-hybridized carbons (Fsp3) is 0.120. The number of amides is 2. The number of imide groups is 1. The van der Waals surface area contributed by atoms with Crippen molar-refractivity contribution in [2.75, 3.05) is 0 Å². The highest BCUT2D eigenvalue weighted by molar-refractivity contribution is 6.22. The zero-order valence-electron chi connectivity index (χ0n) is 16.7. The molecule has 0 bridgehead atoms. The number of nitrogens with zero attached hydrogens (tertiary/aromatic N) is 1. The predicted molar refractivity (Wildman–Crippen MR) is 112 cm³/mol. The largest absolute Gasteiger partial charge is 0.447 e. The molecule has 154 valence electrons. The van der Waals surface area contributed by atoms with Crippen LogP contribution in [0.1, 0.15) is 49.7 Å². The van der Waals surface area contributed by atoms with E-state index in [-0.39, 0.29) is 11.1 Å². The second-order valence-corrected chi connectivity index (χ2v) is 7.16. The van der Waals surface area contributed by atoms with Crippen LogP contribution in [0, 0.1) is 0 Å². The minimum absolute atomic E-state index is 0.243. The van der Waals surface area contributed by atoms with E-state index in [2.05, 4.69) is 0 Å². The van der Waals surface area contributed by atoms with Gasteiger partial charge in [-0.25, -0.2) is 4.79 Å². The first-order chi connectivity index (χ1) is 15.0. The highest BCUT2D eigenvalue weighted by Gasteiger charge is 2.42. The van der Waals surface area contributed by atoms with E-state index in [0.29, 0.717) is 11.1 Å². The SMILES string of the molecule is CC(C(=O)OC(C(=O)c1ccccc1)c1ccccc1)N1C(=O)c2ccccc2C1=O. The summed E-state index contributed by atoms with van der Waals surface area (Å²) in [7, 11) is 0. The van der Waals surface area contributed by atoms with Gasteiger partial charge in [0.15, 0.2) is 6.10 Å². The van der Waals surface area contributed by atoms with Gasteiger partial charge in [0.2, 0.25) is 5.78 Å². The van der Waals surface area contributed by atoms with Crippen LogP contribution >= 0.6 is 0 Å². The monoisotopic (exact) mass is 413 g/mol. The van der Waals surface area contributed by atoms with Gasteiger partial charge in [0.05, 0.1) is 11.1 Å². The Balaban J connectivity index is 1.60. The smallest absolute Gasteiger partial charge is 0.330 e. The van der Waals surface area contributed by atoms with Crippen molar-refractivity contribution in [2.45, 2.75) is 19.1 Å². The maximum Gasteiger partial charge on any atom is 0.330 e. The van der Waals surface area contributed by atoms with Crippen molar-refractivity contribution in [3.63, 3.8) is 0 Å². The molecule has 3 aromatic rings. The van der Waals surface area contributed by atoms with Crippen LogP contribution in [0.4, 0.5) is 0 Å². The fourth-order valence-electron chi connectivity index (χ4n) is 3.53. The van der Waals surface area contributed by atoms with Gasteiger partial charge in [-0.3, -0.25) is 19.3 Å². The first-order valence-electron chi connectivity index (χ1n) is 9.80. The number of benzene rings is 3. The van der Waals surface area contributed by atoms with Gasteiger partial charge in [0.1, 0.15) is 6.04 Å². The third kappa shape index (κ3) is 3.75. The molecule has 2 amide bonds. The molecule has 4 rings (SSSR count). The Morgan fingerprint density at radius 3 is 1.77 bits per heavy atom. The summed E-state index contributed by atoms with van der Waals surface area (Å²) in [5, 5.41) is 0. The lowest BCUT2D eigenvalue weighted by Gasteiger charge is -2.24. The number of ether oxygens (including phenoxy) is 1. The van der Waals surface area contributed by atoms with Crippen molar-refractivity contribution < 1.29 is 23.9 Å². The summed E-state index contributed by atoms with van der Waals surface area (Å²) in [5.74, 6) is -2.35. The topological polar surface area (TPSA) is 80.8 Å². The molecule has 0 radical (unpaired) electrons. The van der Waals surface area contributed by atoms with E-state index < -0.39 is 35.7 Å². The van der Waals surface area contributed by atoms with Crippen LogP contribution in [0.15, 0.2) is 84.9 Å². The van der Waals surface area contributed by atoms with Crippen LogP contribution in [-0.4, -0.2) is 34.5 Å². The highest BCUT2D eigenvalue weighted by atomic mass is 16.5. The molecule has 1 aliphatic heterocycles. The minimum Gasteiger partial charge on any atom is -0.447 e. The average Bonchev–Trinajstić information content (AvgIpc) is 3.07.